The third-order valence-electron chi connectivity index (χ3n) is 1.96. The first-order valence-corrected chi connectivity index (χ1v) is 5.83. The number of thioether (sulfide) groups is 1. The van der Waals surface area contributed by atoms with Gasteiger partial charge in [0.1, 0.15) is 0 Å². The van der Waals surface area contributed by atoms with Gasteiger partial charge < -0.3 is 10.1 Å². The largest absolute Gasteiger partial charge is 0.383 e. The Morgan fingerprint density at radius 1 is 1.60 bits per heavy atom. The lowest BCUT2D eigenvalue weighted by atomic mass is 10.4. The number of nitrogens with one attached hydrogen (secondary N) is 1. The molecular formula is C10H17N3OS. The second kappa shape index (κ2) is 6.76. The molecule has 0 amide bonds. The summed E-state index contributed by atoms with van der Waals surface area (Å²) in [6.45, 7) is 2.67. The van der Waals surface area contributed by atoms with Crippen LogP contribution in [-0.2, 0) is 4.74 Å². The molecule has 1 aromatic rings. The van der Waals surface area contributed by atoms with Crippen molar-refractivity contribution in [3.05, 3.63) is 18.0 Å². The molecule has 0 aromatic carbocycles. The molecule has 0 spiro atoms. The second-order valence-electron chi connectivity index (χ2n) is 3.23. The zero-order valence-corrected chi connectivity index (χ0v) is 10.2. The fraction of sp³-hybridized carbons (Fsp3) is 0.600. The fourth-order valence-electron chi connectivity index (χ4n) is 1.09. The highest BCUT2D eigenvalue weighted by Gasteiger charge is 2.07. The van der Waals surface area contributed by atoms with Gasteiger partial charge in [0.15, 0.2) is 5.16 Å². The Hall–Kier alpha value is -0.650. The van der Waals surface area contributed by atoms with Crippen LogP contribution in [0, 0.1) is 6.92 Å². The number of ether oxygens (including phenoxy) is 1. The Balaban J connectivity index is 2.41. The highest BCUT2D eigenvalue weighted by Crippen LogP contribution is 2.13. The smallest absolute Gasteiger partial charge is 0.187 e. The first kappa shape index (κ1) is 12.4. The number of hydrogen-bond acceptors (Lipinski definition) is 5. The number of nitrogens with zero attached hydrogens (tertiary/aromatic N) is 2. The molecule has 0 aliphatic carbocycles. The van der Waals surface area contributed by atoms with Gasteiger partial charge in [0.05, 0.1) is 6.61 Å². The summed E-state index contributed by atoms with van der Waals surface area (Å²) in [5.41, 5.74) is 1.00. The third-order valence-corrected chi connectivity index (χ3v) is 2.99. The van der Waals surface area contributed by atoms with Crippen LogP contribution in [0.2, 0.25) is 0 Å². The van der Waals surface area contributed by atoms with Gasteiger partial charge in [0.25, 0.3) is 0 Å². The van der Waals surface area contributed by atoms with Crippen LogP contribution in [0.1, 0.15) is 5.69 Å². The molecule has 0 saturated carbocycles. The van der Waals surface area contributed by atoms with E-state index in [1.165, 1.54) is 0 Å². The molecule has 0 aliphatic rings. The fourth-order valence-corrected chi connectivity index (χ4v) is 2.04. The van der Waals surface area contributed by atoms with Crippen molar-refractivity contribution in [3.63, 3.8) is 0 Å². The molecule has 1 unspecified atom stereocenters. The van der Waals surface area contributed by atoms with Crippen molar-refractivity contribution in [2.75, 3.05) is 26.5 Å². The minimum absolute atomic E-state index is 0.337. The summed E-state index contributed by atoms with van der Waals surface area (Å²) in [5, 5.41) is 4.01. The van der Waals surface area contributed by atoms with Crippen molar-refractivity contribution >= 4 is 11.8 Å². The molecule has 1 N–H and O–H groups in total. The van der Waals surface area contributed by atoms with Gasteiger partial charge in [-0.3, -0.25) is 0 Å². The van der Waals surface area contributed by atoms with Crippen LogP contribution in [0.25, 0.3) is 0 Å². The van der Waals surface area contributed by atoms with Crippen molar-refractivity contribution in [3.8, 4) is 0 Å². The van der Waals surface area contributed by atoms with Crippen molar-refractivity contribution in [1.29, 1.82) is 0 Å². The molecule has 84 valence electrons. The second-order valence-corrected chi connectivity index (χ2v) is 4.22. The van der Waals surface area contributed by atoms with Gasteiger partial charge in [0, 0.05) is 30.8 Å². The summed E-state index contributed by atoms with van der Waals surface area (Å²) in [6, 6.07) is 2.23. The third kappa shape index (κ3) is 4.59. The quantitative estimate of drug-likeness (QED) is 0.583. The summed E-state index contributed by atoms with van der Waals surface area (Å²) >= 11 is 1.64. The Morgan fingerprint density at radius 2 is 2.40 bits per heavy atom. The van der Waals surface area contributed by atoms with Crippen LogP contribution in [0.15, 0.2) is 17.4 Å². The minimum Gasteiger partial charge on any atom is -0.383 e. The predicted molar refractivity (Wildman–Crippen MR) is 62.2 cm³/mol. The van der Waals surface area contributed by atoms with Gasteiger partial charge in [-0.25, -0.2) is 9.97 Å². The number of methoxy groups -OCH3 is 1. The molecule has 1 atom stereocenters. The maximum absolute atomic E-state index is 5.09. The van der Waals surface area contributed by atoms with E-state index in [0.29, 0.717) is 12.6 Å². The highest BCUT2D eigenvalue weighted by molar-refractivity contribution is 7.99. The van der Waals surface area contributed by atoms with Crippen LogP contribution >= 0.6 is 11.8 Å². The molecular weight excluding hydrogens is 210 g/mol. The molecule has 5 heteroatoms. The van der Waals surface area contributed by atoms with E-state index in [4.69, 9.17) is 4.74 Å². The van der Waals surface area contributed by atoms with Crippen molar-refractivity contribution in [2.45, 2.75) is 18.1 Å². The Morgan fingerprint density at radius 3 is 3.00 bits per heavy atom. The van der Waals surface area contributed by atoms with E-state index >= 15 is 0 Å². The molecule has 0 saturated heterocycles. The number of likely N-dealkylation sites (N-methyl/N-ethyl adjacent to an activating group) is 1. The normalized spacial score (nSPS) is 12.7. The summed E-state index contributed by atoms with van der Waals surface area (Å²) in [4.78, 5) is 8.51. The number of rotatable bonds is 6. The topological polar surface area (TPSA) is 47.0 Å². The van der Waals surface area contributed by atoms with Crippen LogP contribution in [-0.4, -0.2) is 42.5 Å². The first-order chi connectivity index (χ1) is 7.26. The molecule has 4 nitrogen and oxygen atoms in total. The number of hydrogen-bond donors (Lipinski definition) is 1. The molecule has 0 aliphatic heterocycles. The zero-order valence-electron chi connectivity index (χ0n) is 9.36. The van der Waals surface area contributed by atoms with Gasteiger partial charge in [-0.15, -0.1) is 0 Å². The average molecular weight is 227 g/mol. The van der Waals surface area contributed by atoms with E-state index in [-0.39, 0.29) is 0 Å². The van der Waals surface area contributed by atoms with Crippen molar-refractivity contribution < 1.29 is 4.74 Å². The summed E-state index contributed by atoms with van der Waals surface area (Å²) in [7, 11) is 3.64. The summed E-state index contributed by atoms with van der Waals surface area (Å²) < 4.78 is 5.09. The van der Waals surface area contributed by atoms with E-state index in [1.807, 2.05) is 20.0 Å². The lowest BCUT2D eigenvalue weighted by molar-refractivity contribution is 0.177. The van der Waals surface area contributed by atoms with Gasteiger partial charge in [-0.05, 0) is 20.0 Å². The average Bonchev–Trinajstić information content (AvgIpc) is 2.24. The van der Waals surface area contributed by atoms with Crippen LogP contribution in [0.4, 0.5) is 0 Å². The van der Waals surface area contributed by atoms with Gasteiger partial charge >= 0.3 is 0 Å². The number of aryl methyl sites for hydroxylation is 1. The lowest BCUT2D eigenvalue weighted by Crippen LogP contribution is -2.32. The SMILES string of the molecule is CNC(COC)CSc1nccc(C)n1. The number of aromatic nitrogens is 2. The van der Waals surface area contributed by atoms with Crippen molar-refractivity contribution in [2.24, 2.45) is 0 Å². The Bertz CT molecular complexity index is 296. The summed E-state index contributed by atoms with van der Waals surface area (Å²) in [5.74, 6) is 0.911. The molecule has 1 rings (SSSR count). The van der Waals surface area contributed by atoms with E-state index in [1.54, 1.807) is 25.1 Å². The molecule has 1 heterocycles. The van der Waals surface area contributed by atoms with Crippen LogP contribution in [0.5, 0.6) is 0 Å². The van der Waals surface area contributed by atoms with Gasteiger partial charge in [0.2, 0.25) is 0 Å². The lowest BCUT2D eigenvalue weighted by Gasteiger charge is -2.13. The Kier molecular flexibility index (Phi) is 5.60. The summed E-state index contributed by atoms with van der Waals surface area (Å²) in [6.07, 6.45) is 1.79. The van der Waals surface area contributed by atoms with Gasteiger partial charge in [-0.1, -0.05) is 11.8 Å². The van der Waals surface area contributed by atoms with Crippen LogP contribution < -0.4 is 5.32 Å². The van der Waals surface area contributed by atoms with E-state index in [9.17, 15) is 0 Å². The van der Waals surface area contributed by atoms with E-state index < -0.39 is 0 Å². The standard InChI is InChI=1S/C10H17N3OS/c1-8-4-5-12-10(13-8)15-7-9(11-2)6-14-3/h4-5,9,11H,6-7H2,1-3H3. The van der Waals surface area contributed by atoms with Gasteiger partial charge in [-0.2, -0.15) is 0 Å². The van der Waals surface area contributed by atoms with Crippen molar-refractivity contribution in [1.82, 2.24) is 15.3 Å². The predicted octanol–water partition coefficient (Wildman–Crippen LogP) is 1.11. The molecule has 0 radical (unpaired) electrons. The zero-order chi connectivity index (χ0) is 11.1. The maximum Gasteiger partial charge on any atom is 0.187 e. The molecule has 15 heavy (non-hydrogen) atoms. The van der Waals surface area contributed by atoms with Crippen LogP contribution in [0.3, 0.4) is 0 Å². The molecule has 0 fully saturated rings. The first-order valence-electron chi connectivity index (χ1n) is 4.85. The molecule has 0 bridgehead atoms. The minimum atomic E-state index is 0.337. The van der Waals surface area contributed by atoms with E-state index in [2.05, 4.69) is 15.3 Å². The Labute approximate surface area is 94.8 Å². The molecule has 1 aromatic heterocycles. The maximum atomic E-state index is 5.09. The highest BCUT2D eigenvalue weighted by atomic mass is 32.2. The van der Waals surface area contributed by atoms with E-state index in [0.717, 1.165) is 16.6 Å². The monoisotopic (exact) mass is 227 g/mol.